The molecule has 0 radical (unpaired) electrons. The zero-order valence-corrected chi connectivity index (χ0v) is 12.5. The average Bonchev–Trinajstić information content (AvgIpc) is 2.25. The molecule has 0 aromatic heterocycles. The van der Waals surface area contributed by atoms with Crippen molar-refractivity contribution in [3.05, 3.63) is 0 Å². The van der Waals surface area contributed by atoms with Gasteiger partial charge in [0.15, 0.2) is 0 Å². The fourth-order valence-corrected chi connectivity index (χ4v) is 2.61. The molecule has 2 N–H and O–H groups in total. The summed E-state index contributed by atoms with van der Waals surface area (Å²) in [7, 11) is 4.13. The Kier molecular flexibility index (Phi) is 5.60. The van der Waals surface area contributed by atoms with E-state index >= 15 is 0 Å². The molecule has 18 heavy (non-hydrogen) atoms. The van der Waals surface area contributed by atoms with Crippen LogP contribution in [0.5, 0.6) is 0 Å². The molecule has 1 fully saturated rings. The molecule has 2 unspecified atom stereocenters. The molecule has 1 aliphatic heterocycles. The van der Waals surface area contributed by atoms with Crippen LogP contribution in [-0.2, 0) is 4.79 Å². The van der Waals surface area contributed by atoms with Crippen LogP contribution in [0.3, 0.4) is 0 Å². The Labute approximate surface area is 111 Å². The first-order chi connectivity index (χ1) is 8.30. The third kappa shape index (κ3) is 5.36. The maximum atomic E-state index is 12.1. The molecule has 0 aromatic carbocycles. The van der Waals surface area contributed by atoms with Crippen LogP contribution in [0.2, 0.25) is 0 Å². The first-order valence-corrected chi connectivity index (χ1v) is 6.96. The van der Waals surface area contributed by atoms with Gasteiger partial charge in [0, 0.05) is 25.7 Å². The van der Waals surface area contributed by atoms with Gasteiger partial charge in [0.05, 0.1) is 5.92 Å². The highest BCUT2D eigenvalue weighted by Gasteiger charge is 2.26. The third-order valence-corrected chi connectivity index (χ3v) is 3.52. The number of hydrogen-bond acceptors (Lipinski definition) is 3. The molecule has 0 saturated carbocycles. The van der Waals surface area contributed by atoms with E-state index in [-0.39, 0.29) is 17.2 Å². The first kappa shape index (κ1) is 15.4. The highest BCUT2D eigenvalue weighted by Crippen LogP contribution is 2.17. The summed E-state index contributed by atoms with van der Waals surface area (Å²) >= 11 is 0. The van der Waals surface area contributed by atoms with Crippen molar-refractivity contribution in [2.45, 2.75) is 39.7 Å². The maximum absolute atomic E-state index is 12.1. The fraction of sp³-hybridized carbons (Fsp3) is 0.929. The zero-order chi connectivity index (χ0) is 13.8. The Bertz CT molecular complexity index is 268. The van der Waals surface area contributed by atoms with E-state index in [2.05, 4.69) is 50.4 Å². The van der Waals surface area contributed by atoms with Crippen molar-refractivity contribution in [3.63, 3.8) is 0 Å². The van der Waals surface area contributed by atoms with Crippen LogP contribution in [0.4, 0.5) is 0 Å². The van der Waals surface area contributed by atoms with Crippen molar-refractivity contribution >= 4 is 5.91 Å². The van der Waals surface area contributed by atoms with Gasteiger partial charge in [-0.3, -0.25) is 4.79 Å². The zero-order valence-electron chi connectivity index (χ0n) is 12.5. The van der Waals surface area contributed by atoms with E-state index in [0.29, 0.717) is 6.04 Å². The summed E-state index contributed by atoms with van der Waals surface area (Å²) in [6, 6.07) is 0.555. The number of hydrogen-bond donors (Lipinski definition) is 2. The van der Waals surface area contributed by atoms with Gasteiger partial charge in [-0.2, -0.15) is 0 Å². The van der Waals surface area contributed by atoms with Gasteiger partial charge in [-0.25, -0.2) is 0 Å². The van der Waals surface area contributed by atoms with Crippen LogP contribution in [-0.4, -0.2) is 50.6 Å². The van der Waals surface area contributed by atoms with E-state index in [4.69, 9.17) is 0 Å². The molecule has 1 heterocycles. The SMILES string of the molecule is CC1CCC(C(=O)NCC(C)(C)CN(C)C)CN1. The lowest BCUT2D eigenvalue weighted by Crippen LogP contribution is -2.47. The summed E-state index contributed by atoms with van der Waals surface area (Å²) in [5.74, 6) is 0.359. The van der Waals surface area contributed by atoms with Crippen LogP contribution < -0.4 is 10.6 Å². The Morgan fingerprint density at radius 2 is 2.06 bits per heavy atom. The lowest BCUT2D eigenvalue weighted by molar-refractivity contribution is -0.126. The molecule has 106 valence electrons. The van der Waals surface area contributed by atoms with Crippen molar-refractivity contribution in [1.82, 2.24) is 15.5 Å². The van der Waals surface area contributed by atoms with Gasteiger partial charge in [-0.1, -0.05) is 13.8 Å². The standard InChI is InChI=1S/C14H29N3O/c1-11-6-7-12(8-15-11)13(18)16-9-14(2,3)10-17(4)5/h11-12,15H,6-10H2,1-5H3,(H,16,18). The predicted molar refractivity (Wildman–Crippen MR) is 75.5 cm³/mol. The minimum absolute atomic E-state index is 0.120. The van der Waals surface area contributed by atoms with E-state index in [0.717, 1.165) is 32.5 Å². The molecule has 2 atom stereocenters. The summed E-state index contributed by atoms with van der Waals surface area (Å²) < 4.78 is 0. The van der Waals surface area contributed by atoms with E-state index in [1.165, 1.54) is 0 Å². The summed E-state index contributed by atoms with van der Waals surface area (Å²) in [4.78, 5) is 14.2. The van der Waals surface area contributed by atoms with Crippen molar-refractivity contribution < 1.29 is 4.79 Å². The Balaban J connectivity index is 2.32. The van der Waals surface area contributed by atoms with Gasteiger partial charge in [0.2, 0.25) is 5.91 Å². The second-order valence-electron chi connectivity index (χ2n) is 6.70. The monoisotopic (exact) mass is 255 g/mol. The van der Waals surface area contributed by atoms with Crippen molar-refractivity contribution in [2.24, 2.45) is 11.3 Å². The van der Waals surface area contributed by atoms with E-state index in [9.17, 15) is 4.79 Å². The number of rotatable bonds is 5. The molecule has 4 nitrogen and oxygen atoms in total. The molecule has 0 aromatic rings. The Morgan fingerprint density at radius 3 is 2.56 bits per heavy atom. The third-order valence-electron chi connectivity index (χ3n) is 3.52. The molecule has 1 saturated heterocycles. The summed E-state index contributed by atoms with van der Waals surface area (Å²) in [6.07, 6.45) is 2.10. The molecular weight excluding hydrogens is 226 g/mol. The van der Waals surface area contributed by atoms with Crippen LogP contribution in [0.15, 0.2) is 0 Å². The highest BCUT2D eigenvalue weighted by molar-refractivity contribution is 5.79. The average molecular weight is 255 g/mol. The second-order valence-corrected chi connectivity index (χ2v) is 6.70. The minimum atomic E-state index is 0.120. The van der Waals surface area contributed by atoms with Crippen LogP contribution in [0.25, 0.3) is 0 Å². The predicted octanol–water partition coefficient (Wildman–Crippen LogP) is 1.08. The number of piperidine rings is 1. The molecular formula is C14H29N3O. The number of carbonyl (C=O) groups excluding carboxylic acids is 1. The molecule has 1 rings (SSSR count). The summed E-state index contributed by atoms with van der Waals surface area (Å²) in [5, 5.41) is 6.48. The Hall–Kier alpha value is -0.610. The largest absolute Gasteiger partial charge is 0.355 e. The first-order valence-electron chi connectivity index (χ1n) is 6.96. The lowest BCUT2D eigenvalue weighted by atomic mass is 9.91. The number of nitrogens with zero attached hydrogens (tertiary/aromatic N) is 1. The van der Waals surface area contributed by atoms with Crippen LogP contribution in [0.1, 0.15) is 33.6 Å². The quantitative estimate of drug-likeness (QED) is 0.772. The van der Waals surface area contributed by atoms with Gasteiger partial charge in [-0.05, 0) is 39.3 Å². The van der Waals surface area contributed by atoms with Gasteiger partial charge < -0.3 is 15.5 Å². The maximum Gasteiger partial charge on any atom is 0.224 e. The second kappa shape index (κ2) is 6.53. The van der Waals surface area contributed by atoms with Gasteiger partial charge in [-0.15, -0.1) is 0 Å². The minimum Gasteiger partial charge on any atom is -0.355 e. The fourth-order valence-electron chi connectivity index (χ4n) is 2.61. The van der Waals surface area contributed by atoms with E-state index in [1.807, 2.05) is 0 Å². The summed E-state index contributed by atoms with van der Waals surface area (Å²) in [6.45, 7) is 9.10. The van der Waals surface area contributed by atoms with Gasteiger partial charge in [0.1, 0.15) is 0 Å². The topological polar surface area (TPSA) is 44.4 Å². The molecule has 4 heteroatoms. The summed E-state index contributed by atoms with van der Waals surface area (Å²) in [5.41, 5.74) is 0.120. The number of carbonyl (C=O) groups is 1. The van der Waals surface area contributed by atoms with Crippen molar-refractivity contribution in [3.8, 4) is 0 Å². The molecule has 1 aliphatic rings. The van der Waals surface area contributed by atoms with Gasteiger partial charge >= 0.3 is 0 Å². The number of nitrogens with one attached hydrogen (secondary N) is 2. The molecule has 1 amide bonds. The number of amides is 1. The van der Waals surface area contributed by atoms with E-state index in [1.54, 1.807) is 0 Å². The van der Waals surface area contributed by atoms with E-state index < -0.39 is 0 Å². The van der Waals surface area contributed by atoms with Crippen LogP contribution in [0, 0.1) is 11.3 Å². The smallest absolute Gasteiger partial charge is 0.224 e. The molecule has 0 bridgehead atoms. The molecule has 0 aliphatic carbocycles. The van der Waals surface area contributed by atoms with Crippen molar-refractivity contribution in [2.75, 3.05) is 33.7 Å². The van der Waals surface area contributed by atoms with Crippen LogP contribution >= 0.6 is 0 Å². The van der Waals surface area contributed by atoms with Crippen molar-refractivity contribution in [1.29, 1.82) is 0 Å². The lowest BCUT2D eigenvalue weighted by Gasteiger charge is -2.31. The normalized spacial score (nSPS) is 25.2. The highest BCUT2D eigenvalue weighted by atomic mass is 16.1. The molecule has 0 spiro atoms. The Morgan fingerprint density at radius 1 is 1.39 bits per heavy atom. The van der Waals surface area contributed by atoms with Gasteiger partial charge in [0.25, 0.3) is 0 Å².